The van der Waals surface area contributed by atoms with Crippen molar-refractivity contribution in [2.24, 2.45) is 0 Å². The quantitative estimate of drug-likeness (QED) is 0.633. The summed E-state index contributed by atoms with van der Waals surface area (Å²) in [7, 11) is 0. The Bertz CT molecular complexity index is 362. The number of carbonyl (C=O) groups excluding carboxylic acids is 2. The van der Waals surface area contributed by atoms with Gasteiger partial charge in [-0.05, 0) is 12.1 Å². The van der Waals surface area contributed by atoms with Crippen molar-refractivity contribution in [3.8, 4) is 0 Å². The molecule has 0 saturated carbocycles. The highest BCUT2D eigenvalue weighted by atomic mass is 16.2. The number of hydrogen-bond acceptors (Lipinski definition) is 3. The number of ketones is 1. The molecular weight excluding hydrogens is 180 g/mol. The van der Waals surface area contributed by atoms with E-state index in [0.717, 1.165) is 5.69 Å². The van der Waals surface area contributed by atoms with Gasteiger partial charge in [0.25, 0.3) is 0 Å². The van der Waals surface area contributed by atoms with E-state index in [1.165, 1.54) is 4.90 Å². The van der Waals surface area contributed by atoms with Gasteiger partial charge in [-0.25, -0.2) is 0 Å². The average molecular weight is 190 g/mol. The number of likely N-dealkylation sites (tertiary alicyclic amines) is 1. The Morgan fingerprint density at radius 3 is 2.79 bits per heavy atom. The molecule has 0 atom stereocenters. The van der Waals surface area contributed by atoms with Gasteiger partial charge in [0.2, 0.25) is 5.91 Å². The van der Waals surface area contributed by atoms with Crippen LogP contribution in [0.3, 0.4) is 0 Å². The maximum absolute atomic E-state index is 11.3. The number of pyridine rings is 1. The first kappa shape index (κ1) is 8.87. The molecule has 1 aromatic heterocycles. The monoisotopic (exact) mass is 190 g/mol. The van der Waals surface area contributed by atoms with Crippen LogP contribution in [0.15, 0.2) is 24.4 Å². The second-order valence-electron chi connectivity index (χ2n) is 3.29. The minimum atomic E-state index is -0.0966. The fourth-order valence-electron chi connectivity index (χ4n) is 1.47. The molecule has 0 N–H and O–H groups in total. The maximum Gasteiger partial charge on any atom is 0.230 e. The van der Waals surface area contributed by atoms with Gasteiger partial charge in [-0.2, -0.15) is 0 Å². The lowest BCUT2D eigenvalue weighted by molar-refractivity contribution is -0.128. The van der Waals surface area contributed by atoms with E-state index < -0.39 is 0 Å². The Hall–Kier alpha value is -1.71. The van der Waals surface area contributed by atoms with Crippen LogP contribution in [0.1, 0.15) is 12.1 Å². The number of hydrogen-bond donors (Lipinski definition) is 0. The lowest BCUT2D eigenvalue weighted by Gasteiger charge is -2.13. The molecule has 0 unspecified atom stereocenters. The molecule has 0 radical (unpaired) electrons. The van der Waals surface area contributed by atoms with Crippen LogP contribution in [-0.2, 0) is 16.1 Å². The fourth-order valence-corrected chi connectivity index (χ4v) is 1.47. The maximum atomic E-state index is 11.3. The molecule has 0 aliphatic carbocycles. The van der Waals surface area contributed by atoms with Crippen LogP contribution in [-0.4, -0.2) is 28.1 Å². The predicted octanol–water partition coefficient (Wildman–Crippen LogP) is 0.383. The van der Waals surface area contributed by atoms with Crippen LogP contribution in [0, 0.1) is 0 Å². The molecule has 1 aliphatic heterocycles. The van der Waals surface area contributed by atoms with Gasteiger partial charge in [-0.3, -0.25) is 14.6 Å². The number of rotatable bonds is 2. The highest BCUT2D eigenvalue weighted by Gasteiger charge is 2.27. The van der Waals surface area contributed by atoms with Gasteiger partial charge in [-0.1, -0.05) is 6.07 Å². The second-order valence-corrected chi connectivity index (χ2v) is 3.29. The molecule has 0 spiro atoms. The third kappa shape index (κ3) is 1.79. The smallest absolute Gasteiger partial charge is 0.230 e. The topological polar surface area (TPSA) is 50.3 Å². The van der Waals surface area contributed by atoms with E-state index in [-0.39, 0.29) is 24.7 Å². The zero-order valence-corrected chi connectivity index (χ0v) is 7.64. The number of Topliss-reactive ketones (excluding diaryl/α,β-unsaturated/α-hetero) is 1. The van der Waals surface area contributed by atoms with Gasteiger partial charge in [0.05, 0.1) is 25.2 Å². The summed E-state index contributed by atoms with van der Waals surface area (Å²) in [6.45, 7) is 0.667. The zero-order chi connectivity index (χ0) is 9.97. The first-order valence-electron chi connectivity index (χ1n) is 4.45. The van der Waals surface area contributed by atoms with E-state index in [4.69, 9.17) is 0 Å². The Morgan fingerprint density at radius 2 is 2.21 bits per heavy atom. The molecule has 1 fully saturated rings. The molecule has 0 aromatic carbocycles. The number of nitrogens with zero attached hydrogens (tertiary/aromatic N) is 2. The van der Waals surface area contributed by atoms with Crippen molar-refractivity contribution < 1.29 is 9.59 Å². The van der Waals surface area contributed by atoms with E-state index in [0.29, 0.717) is 6.54 Å². The van der Waals surface area contributed by atoms with Crippen molar-refractivity contribution in [2.45, 2.75) is 13.0 Å². The lowest BCUT2D eigenvalue weighted by Crippen LogP contribution is -2.24. The summed E-state index contributed by atoms with van der Waals surface area (Å²) in [6.07, 6.45) is 1.73. The summed E-state index contributed by atoms with van der Waals surface area (Å²) >= 11 is 0. The van der Waals surface area contributed by atoms with Crippen LogP contribution in [0.4, 0.5) is 0 Å². The zero-order valence-electron chi connectivity index (χ0n) is 7.64. The van der Waals surface area contributed by atoms with Gasteiger partial charge in [0, 0.05) is 6.20 Å². The Morgan fingerprint density at radius 1 is 1.36 bits per heavy atom. The SMILES string of the molecule is O=C1CC(=O)N(Cc2ccccn2)C1. The van der Waals surface area contributed by atoms with Crippen LogP contribution in [0.2, 0.25) is 0 Å². The van der Waals surface area contributed by atoms with Crippen molar-refractivity contribution in [3.05, 3.63) is 30.1 Å². The van der Waals surface area contributed by atoms with Crippen LogP contribution >= 0.6 is 0 Å². The van der Waals surface area contributed by atoms with Crippen LogP contribution < -0.4 is 0 Å². The van der Waals surface area contributed by atoms with E-state index in [1.807, 2.05) is 18.2 Å². The predicted molar refractivity (Wildman–Crippen MR) is 49.3 cm³/mol. The van der Waals surface area contributed by atoms with E-state index >= 15 is 0 Å². The molecule has 1 saturated heterocycles. The third-order valence-electron chi connectivity index (χ3n) is 2.15. The summed E-state index contributed by atoms with van der Waals surface area (Å²) in [6, 6.07) is 5.53. The fraction of sp³-hybridized carbons (Fsp3) is 0.300. The molecule has 0 bridgehead atoms. The standard InChI is InChI=1S/C10H10N2O2/c13-9-5-10(14)12(7-9)6-8-3-1-2-4-11-8/h1-4H,5-7H2. The summed E-state index contributed by atoms with van der Waals surface area (Å²) in [4.78, 5) is 27.9. The Balaban J connectivity index is 2.05. The minimum absolute atomic E-state index is 0.00840. The molecule has 1 aliphatic rings. The largest absolute Gasteiger partial charge is 0.329 e. The van der Waals surface area contributed by atoms with Gasteiger partial charge in [0.15, 0.2) is 5.78 Å². The van der Waals surface area contributed by atoms with E-state index in [9.17, 15) is 9.59 Å². The molecule has 1 aromatic rings. The van der Waals surface area contributed by atoms with Gasteiger partial charge < -0.3 is 4.90 Å². The lowest BCUT2D eigenvalue weighted by atomic mass is 10.3. The highest BCUT2D eigenvalue weighted by molar-refractivity contribution is 6.05. The van der Waals surface area contributed by atoms with Gasteiger partial charge in [0.1, 0.15) is 0 Å². The van der Waals surface area contributed by atoms with Crippen molar-refractivity contribution in [3.63, 3.8) is 0 Å². The molecule has 4 nitrogen and oxygen atoms in total. The van der Waals surface area contributed by atoms with Gasteiger partial charge >= 0.3 is 0 Å². The number of carbonyl (C=O) groups is 2. The second kappa shape index (κ2) is 3.57. The van der Waals surface area contributed by atoms with Gasteiger partial charge in [-0.15, -0.1) is 0 Å². The first-order chi connectivity index (χ1) is 6.75. The average Bonchev–Trinajstić information content (AvgIpc) is 2.47. The van der Waals surface area contributed by atoms with Crippen molar-refractivity contribution >= 4 is 11.7 Å². The minimum Gasteiger partial charge on any atom is -0.329 e. The van der Waals surface area contributed by atoms with Crippen molar-refractivity contribution in [1.82, 2.24) is 9.88 Å². The summed E-state index contributed by atoms with van der Waals surface area (Å²) in [5.74, 6) is -0.105. The summed E-state index contributed by atoms with van der Waals surface area (Å²) in [5, 5.41) is 0. The van der Waals surface area contributed by atoms with E-state index in [1.54, 1.807) is 6.20 Å². The van der Waals surface area contributed by atoms with Crippen LogP contribution in [0.5, 0.6) is 0 Å². The van der Waals surface area contributed by atoms with Crippen molar-refractivity contribution in [2.75, 3.05) is 6.54 Å². The molecular formula is C10H10N2O2. The van der Waals surface area contributed by atoms with Crippen LogP contribution in [0.25, 0.3) is 0 Å². The summed E-state index contributed by atoms with van der Waals surface area (Å²) < 4.78 is 0. The molecule has 72 valence electrons. The van der Waals surface area contributed by atoms with Crippen molar-refractivity contribution in [1.29, 1.82) is 0 Å². The molecule has 1 amide bonds. The highest BCUT2D eigenvalue weighted by Crippen LogP contribution is 2.09. The number of amides is 1. The Kier molecular flexibility index (Phi) is 2.26. The third-order valence-corrected chi connectivity index (χ3v) is 2.15. The van der Waals surface area contributed by atoms with E-state index in [2.05, 4.69) is 4.98 Å². The summed E-state index contributed by atoms with van der Waals surface area (Å²) in [5.41, 5.74) is 0.815. The number of aromatic nitrogens is 1. The normalized spacial score (nSPS) is 16.4. The Labute approximate surface area is 81.6 Å². The molecule has 2 rings (SSSR count). The molecule has 2 heterocycles. The molecule has 14 heavy (non-hydrogen) atoms. The molecule has 4 heteroatoms. The first-order valence-corrected chi connectivity index (χ1v) is 4.45.